The summed E-state index contributed by atoms with van der Waals surface area (Å²) >= 11 is 5.81. The Bertz CT molecular complexity index is 393. The highest BCUT2D eigenvalue weighted by Crippen LogP contribution is 2.49. The highest BCUT2D eigenvalue weighted by Gasteiger charge is 2.41. The van der Waals surface area contributed by atoms with Gasteiger partial charge in [0.05, 0.1) is 12.7 Å². The quantitative estimate of drug-likeness (QED) is 0.794. The predicted octanol–water partition coefficient (Wildman–Crippen LogP) is 2.61. The van der Waals surface area contributed by atoms with Crippen molar-refractivity contribution in [3.8, 4) is 5.88 Å². The van der Waals surface area contributed by atoms with Crippen LogP contribution in [-0.4, -0.2) is 29.5 Å². The average molecular weight is 256 g/mol. The minimum atomic E-state index is 0.395. The van der Waals surface area contributed by atoms with Gasteiger partial charge in [0, 0.05) is 12.4 Å². The van der Waals surface area contributed by atoms with Gasteiger partial charge in [0.1, 0.15) is 12.1 Å². The molecule has 0 amide bonds. The van der Waals surface area contributed by atoms with E-state index in [2.05, 4.69) is 15.3 Å². The molecule has 0 saturated heterocycles. The van der Waals surface area contributed by atoms with Crippen molar-refractivity contribution in [2.45, 2.75) is 26.2 Å². The van der Waals surface area contributed by atoms with E-state index >= 15 is 0 Å². The Labute approximate surface area is 107 Å². The zero-order valence-electron chi connectivity index (χ0n) is 10.3. The van der Waals surface area contributed by atoms with E-state index in [1.807, 2.05) is 6.92 Å². The molecule has 1 heterocycles. The molecule has 1 aliphatic rings. The lowest BCUT2D eigenvalue weighted by Gasteiger charge is -2.16. The van der Waals surface area contributed by atoms with E-state index in [0.717, 1.165) is 30.2 Å². The number of aromatic nitrogens is 2. The fourth-order valence-electron chi connectivity index (χ4n) is 1.98. The van der Waals surface area contributed by atoms with Gasteiger partial charge < -0.3 is 10.1 Å². The van der Waals surface area contributed by atoms with Crippen molar-refractivity contribution < 1.29 is 4.74 Å². The van der Waals surface area contributed by atoms with Crippen LogP contribution in [-0.2, 0) is 0 Å². The molecule has 0 aromatic carbocycles. The molecule has 2 rings (SSSR count). The number of anilines is 1. The summed E-state index contributed by atoms with van der Waals surface area (Å²) in [5.41, 5.74) is 1.35. The molecule has 1 saturated carbocycles. The largest absolute Gasteiger partial charge is 0.481 e. The maximum Gasteiger partial charge on any atom is 0.221 e. The van der Waals surface area contributed by atoms with Gasteiger partial charge in [-0.15, -0.1) is 11.6 Å². The summed E-state index contributed by atoms with van der Waals surface area (Å²) in [5.74, 6) is 2.22. The normalized spacial score (nSPS) is 16.6. The molecule has 0 unspecified atom stereocenters. The van der Waals surface area contributed by atoms with Crippen molar-refractivity contribution >= 4 is 17.4 Å². The highest BCUT2D eigenvalue weighted by atomic mass is 35.5. The number of rotatable bonds is 6. The molecular formula is C12H18ClN3O. The SMILES string of the molecule is COc1ncnc(NCC2(CCCl)CC2)c1C. The molecule has 0 bridgehead atoms. The number of hydrogen-bond acceptors (Lipinski definition) is 4. The molecule has 5 heteroatoms. The Morgan fingerprint density at radius 3 is 2.82 bits per heavy atom. The van der Waals surface area contributed by atoms with Crippen LogP contribution < -0.4 is 10.1 Å². The van der Waals surface area contributed by atoms with Crippen LogP contribution >= 0.6 is 11.6 Å². The van der Waals surface area contributed by atoms with E-state index in [0.29, 0.717) is 11.3 Å². The summed E-state index contributed by atoms with van der Waals surface area (Å²) < 4.78 is 5.17. The van der Waals surface area contributed by atoms with Crippen LogP contribution in [0.1, 0.15) is 24.8 Å². The first-order valence-corrected chi connectivity index (χ1v) is 6.40. The molecule has 0 aliphatic heterocycles. The molecule has 1 aromatic rings. The van der Waals surface area contributed by atoms with Gasteiger partial charge in [0.25, 0.3) is 0 Å². The first kappa shape index (κ1) is 12.4. The standard InChI is InChI=1S/C12H18ClN3O/c1-9-10(15-8-16-11(9)17-2)14-7-12(3-4-12)5-6-13/h8H,3-7H2,1-2H3,(H,14,15,16). The van der Waals surface area contributed by atoms with Gasteiger partial charge >= 0.3 is 0 Å². The van der Waals surface area contributed by atoms with E-state index in [9.17, 15) is 0 Å². The lowest BCUT2D eigenvalue weighted by atomic mass is 10.0. The summed E-state index contributed by atoms with van der Waals surface area (Å²) in [5, 5.41) is 3.39. The first-order chi connectivity index (χ1) is 8.21. The van der Waals surface area contributed by atoms with Crippen molar-refractivity contribution in [2.24, 2.45) is 5.41 Å². The molecule has 0 radical (unpaired) electrons. The monoisotopic (exact) mass is 255 g/mol. The maximum absolute atomic E-state index is 5.81. The molecular weight excluding hydrogens is 238 g/mol. The molecule has 0 atom stereocenters. The van der Waals surface area contributed by atoms with E-state index < -0.39 is 0 Å². The lowest BCUT2D eigenvalue weighted by Crippen LogP contribution is -2.17. The van der Waals surface area contributed by atoms with Crippen molar-refractivity contribution in [1.29, 1.82) is 0 Å². The van der Waals surface area contributed by atoms with Gasteiger partial charge in [0.15, 0.2) is 0 Å². The van der Waals surface area contributed by atoms with E-state index in [1.54, 1.807) is 7.11 Å². The second kappa shape index (κ2) is 5.08. The minimum absolute atomic E-state index is 0.395. The first-order valence-electron chi connectivity index (χ1n) is 5.86. The van der Waals surface area contributed by atoms with Crippen LogP contribution in [0.3, 0.4) is 0 Å². The summed E-state index contributed by atoms with van der Waals surface area (Å²) in [6.45, 7) is 2.89. The number of nitrogens with one attached hydrogen (secondary N) is 1. The number of nitrogens with zero attached hydrogens (tertiary/aromatic N) is 2. The molecule has 4 nitrogen and oxygen atoms in total. The Morgan fingerprint density at radius 1 is 1.47 bits per heavy atom. The van der Waals surface area contributed by atoms with E-state index in [1.165, 1.54) is 19.2 Å². The fourth-order valence-corrected chi connectivity index (χ4v) is 2.38. The third-order valence-corrected chi connectivity index (χ3v) is 3.63. The smallest absolute Gasteiger partial charge is 0.221 e. The zero-order valence-corrected chi connectivity index (χ0v) is 11.0. The highest BCUT2D eigenvalue weighted by molar-refractivity contribution is 6.17. The van der Waals surface area contributed by atoms with Crippen molar-refractivity contribution in [1.82, 2.24) is 9.97 Å². The fraction of sp³-hybridized carbons (Fsp3) is 0.667. The Balaban J connectivity index is 1.99. The van der Waals surface area contributed by atoms with Crippen LogP contribution in [0.25, 0.3) is 0 Å². The van der Waals surface area contributed by atoms with Gasteiger partial charge in [0.2, 0.25) is 5.88 Å². The number of halogens is 1. The Morgan fingerprint density at radius 2 is 2.24 bits per heavy atom. The third kappa shape index (κ3) is 2.80. The second-order valence-electron chi connectivity index (χ2n) is 4.65. The number of methoxy groups -OCH3 is 1. The Hall–Kier alpha value is -1.03. The second-order valence-corrected chi connectivity index (χ2v) is 5.03. The van der Waals surface area contributed by atoms with Crippen LogP contribution in [0.2, 0.25) is 0 Å². The Kier molecular flexibility index (Phi) is 3.72. The summed E-state index contributed by atoms with van der Waals surface area (Å²) in [7, 11) is 1.62. The van der Waals surface area contributed by atoms with Crippen LogP contribution in [0, 0.1) is 12.3 Å². The van der Waals surface area contributed by atoms with E-state index in [-0.39, 0.29) is 0 Å². The zero-order chi connectivity index (χ0) is 12.3. The molecule has 17 heavy (non-hydrogen) atoms. The lowest BCUT2D eigenvalue weighted by molar-refractivity contribution is 0.393. The molecule has 0 spiro atoms. The third-order valence-electron chi connectivity index (χ3n) is 3.44. The molecule has 1 N–H and O–H groups in total. The predicted molar refractivity (Wildman–Crippen MR) is 68.8 cm³/mol. The van der Waals surface area contributed by atoms with Gasteiger partial charge in [-0.05, 0) is 31.6 Å². The summed E-state index contributed by atoms with van der Waals surface area (Å²) in [4.78, 5) is 8.30. The number of alkyl halides is 1. The minimum Gasteiger partial charge on any atom is -0.481 e. The van der Waals surface area contributed by atoms with Crippen molar-refractivity contribution in [3.63, 3.8) is 0 Å². The maximum atomic E-state index is 5.81. The topological polar surface area (TPSA) is 47.0 Å². The average Bonchev–Trinajstić information content (AvgIpc) is 3.09. The molecule has 1 fully saturated rings. The van der Waals surface area contributed by atoms with Crippen molar-refractivity contribution in [2.75, 3.05) is 24.9 Å². The number of hydrogen-bond donors (Lipinski definition) is 1. The van der Waals surface area contributed by atoms with Gasteiger partial charge in [-0.25, -0.2) is 9.97 Å². The van der Waals surface area contributed by atoms with Crippen LogP contribution in [0.15, 0.2) is 6.33 Å². The van der Waals surface area contributed by atoms with Gasteiger partial charge in [-0.3, -0.25) is 0 Å². The molecule has 1 aliphatic carbocycles. The number of ether oxygens (including phenoxy) is 1. The van der Waals surface area contributed by atoms with Gasteiger partial charge in [-0.1, -0.05) is 0 Å². The van der Waals surface area contributed by atoms with Crippen molar-refractivity contribution in [3.05, 3.63) is 11.9 Å². The summed E-state index contributed by atoms with van der Waals surface area (Å²) in [6.07, 6.45) is 5.11. The van der Waals surface area contributed by atoms with Crippen LogP contribution in [0.5, 0.6) is 5.88 Å². The molecule has 94 valence electrons. The van der Waals surface area contributed by atoms with E-state index in [4.69, 9.17) is 16.3 Å². The van der Waals surface area contributed by atoms with Crippen LogP contribution in [0.4, 0.5) is 5.82 Å². The van der Waals surface area contributed by atoms with Gasteiger partial charge in [-0.2, -0.15) is 0 Å². The summed E-state index contributed by atoms with van der Waals surface area (Å²) in [6, 6.07) is 0. The molecule has 1 aromatic heterocycles.